The normalized spacial score (nSPS) is 16.0. The van der Waals surface area contributed by atoms with E-state index in [1.54, 1.807) is 24.0 Å². The van der Waals surface area contributed by atoms with E-state index in [4.69, 9.17) is 16.7 Å². The number of anilines is 1. The maximum Gasteiger partial charge on any atom is 0.317 e. The highest BCUT2D eigenvalue weighted by Gasteiger charge is 2.23. The Morgan fingerprint density at radius 1 is 1.11 bits per heavy atom. The van der Waals surface area contributed by atoms with Crippen molar-refractivity contribution in [1.29, 1.82) is 0 Å². The Hall–Kier alpha value is -2.29. The fourth-order valence-electron chi connectivity index (χ4n) is 3.18. The van der Waals surface area contributed by atoms with E-state index in [9.17, 15) is 13.2 Å². The van der Waals surface area contributed by atoms with Crippen LogP contribution in [-0.2, 0) is 10.0 Å². The molecule has 1 aliphatic heterocycles. The second kappa shape index (κ2) is 8.38. The summed E-state index contributed by atoms with van der Waals surface area (Å²) in [6, 6.07) is 13.4. The fourth-order valence-corrected chi connectivity index (χ4v) is 4.00. The molecule has 1 heterocycles. The van der Waals surface area contributed by atoms with Crippen LogP contribution in [0.3, 0.4) is 0 Å². The summed E-state index contributed by atoms with van der Waals surface area (Å²) in [5.74, 6) is 0. The molecular weight excluding hydrogens is 400 g/mol. The maximum atomic E-state index is 12.6. The second-order valence-electron chi connectivity index (χ2n) is 6.71. The summed E-state index contributed by atoms with van der Waals surface area (Å²) in [6.07, 6.45) is 0. The number of para-hydroxylation sites is 1. The highest BCUT2D eigenvalue weighted by Crippen LogP contribution is 2.26. The van der Waals surface area contributed by atoms with Gasteiger partial charge in [-0.25, -0.2) is 18.4 Å². The summed E-state index contributed by atoms with van der Waals surface area (Å²) in [5.41, 5.74) is 1.65. The first-order valence-corrected chi connectivity index (χ1v) is 10.9. The molecule has 2 aromatic rings. The molecule has 0 radical (unpaired) electrons. The van der Waals surface area contributed by atoms with Crippen LogP contribution in [0.1, 0.15) is 18.5 Å². The number of hydrogen-bond acceptors (Lipinski definition) is 4. The number of hydrogen-bond donors (Lipinski definition) is 2. The molecule has 1 atom stereocenters. The molecule has 7 nitrogen and oxygen atoms in total. The second-order valence-corrected chi connectivity index (χ2v) is 8.68. The molecule has 1 aliphatic rings. The van der Waals surface area contributed by atoms with Crippen LogP contribution in [0.25, 0.3) is 0 Å². The Labute approximate surface area is 170 Å². The van der Waals surface area contributed by atoms with Gasteiger partial charge < -0.3 is 15.1 Å². The number of rotatable bonds is 4. The quantitative estimate of drug-likeness (QED) is 0.791. The van der Waals surface area contributed by atoms with E-state index < -0.39 is 10.0 Å². The number of amides is 2. The van der Waals surface area contributed by atoms with Crippen LogP contribution >= 0.6 is 11.6 Å². The Morgan fingerprint density at radius 3 is 2.43 bits per heavy atom. The van der Waals surface area contributed by atoms with E-state index in [-0.39, 0.29) is 17.0 Å². The third kappa shape index (κ3) is 4.76. The lowest BCUT2D eigenvalue weighted by Gasteiger charge is -2.37. The third-order valence-electron chi connectivity index (χ3n) is 4.79. The van der Waals surface area contributed by atoms with Crippen molar-refractivity contribution in [2.75, 3.05) is 31.1 Å². The van der Waals surface area contributed by atoms with Crippen LogP contribution in [0.15, 0.2) is 53.4 Å². The smallest absolute Gasteiger partial charge is 0.317 e. The van der Waals surface area contributed by atoms with Crippen molar-refractivity contribution in [2.24, 2.45) is 5.14 Å². The summed E-state index contributed by atoms with van der Waals surface area (Å²) < 4.78 is 23.0. The highest BCUT2D eigenvalue weighted by molar-refractivity contribution is 7.89. The molecule has 0 aromatic heterocycles. The molecule has 1 saturated heterocycles. The largest absolute Gasteiger partial charge is 0.367 e. The number of sulfonamides is 1. The molecule has 2 aromatic carbocycles. The average Bonchev–Trinajstić information content (AvgIpc) is 2.68. The van der Waals surface area contributed by atoms with Crippen LogP contribution in [0.2, 0.25) is 5.02 Å². The van der Waals surface area contributed by atoms with E-state index in [1.807, 2.05) is 24.3 Å². The topological polar surface area (TPSA) is 95.7 Å². The molecule has 0 saturated carbocycles. The number of halogens is 1. The predicted molar refractivity (Wildman–Crippen MR) is 110 cm³/mol. The molecule has 3 N–H and O–H groups in total. The van der Waals surface area contributed by atoms with Crippen molar-refractivity contribution >= 4 is 33.3 Å². The van der Waals surface area contributed by atoms with Gasteiger partial charge in [-0.3, -0.25) is 0 Å². The number of primary sulfonamides is 1. The molecule has 150 valence electrons. The van der Waals surface area contributed by atoms with Gasteiger partial charge in [0.2, 0.25) is 10.0 Å². The summed E-state index contributed by atoms with van der Waals surface area (Å²) >= 11 is 6.25. The van der Waals surface area contributed by atoms with Gasteiger partial charge in [0.1, 0.15) is 0 Å². The van der Waals surface area contributed by atoms with E-state index in [0.717, 1.165) is 5.69 Å². The zero-order valence-corrected chi connectivity index (χ0v) is 17.1. The molecule has 1 fully saturated rings. The van der Waals surface area contributed by atoms with Crippen molar-refractivity contribution < 1.29 is 13.2 Å². The number of carbonyl (C=O) groups excluding carboxylic acids is 1. The van der Waals surface area contributed by atoms with Crippen LogP contribution in [0.4, 0.5) is 10.5 Å². The number of piperazine rings is 1. The standard InChI is InChI=1S/C19H23ClN4O3S/c1-14(15-5-4-6-16(13-15)28(21,26)27)22-19(25)24-11-9-23(10-12-24)18-8-3-2-7-17(18)20/h2-8,13-14H,9-12H2,1H3,(H,22,25)(H2,21,26,27). The molecule has 1 unspecified atom stereocenters. The lowest BCUT2D eigenvalue weighted by atomic mass is 10.1. The van der Waals surface area contributed by atoms with Crippen LogP contribution in [0, 0.1) is 0 Å². The minimum atomic E-state index is -3.78. The van der Waals surface area contributed by atoms with Gasteiger partial charge in [-0.2, -0.15) is 0 Å². The molecule has 0 aliphatic carbocycles. The van der Waals surface area contributed by atoms with Crippen molar-refractivity contribution in [3.8, 4) is 0 Å². The monoisotopic (exact) mass is 422 g/mol. The van der Waals surface area contributed by atoms with Crippen LogP contribution < -0.4 is 15.4 Å². The highest BCUT2D eigenvalue weighted by atomic mass is 35.5. The molecule has 28 heavy (non-hydrogen) atoms. The van der Waals surface area contributed by atoms with Gasteiger partial charge in [-0.05, 0) is 36.8 Å². The van der Waals surface area contributed by atoms with E-state index in [1.165, 1.54) is 12.1 Å². The minimum absolute atomic E-state index is 0.0273. The summed E-state index contributed by atoms with van der Waals surface area (Å²) in [4.78, 5) is 16.5. The summed E-state index contributed by atoms with van der Waals surface area (Å²) in [7, 11) is -3.78. The Balaban J connectivity index is 1.59. The van der Waals surface area contributed by atoms with Crippen molar-refractivity contribution in [3.63, 3.8) is 0 Å². The van der Waals surface area contributed by atoms with Crippen molar-refractivity contribution in [3.05, 3.63) is 59.1 Å². The summed E-state index contributed by atoms with van der Waals surface area (Å²) in [5, 5.41) is 8.79. The van der Waals surface area contributed by atoms with Gasteiger partial charge in [-0.15, -0.1) is 0 Å². The SMILES string of the molecule is CC(NC(=O)N1CCN(c2ccccc2Cl)CC1)c1cccc(S(N)(=O)=O)c1. The van der Waals surface area contributed by atoms with Gasteiger partial charge in [0.15, 0.2) is 0 Å². The lowest BCUT2D eigenvalue weighted by Crippen LogP contribution is -2.52. The molecular formula is C19H23ClN4O3S. The Bertz CT molecular complexity index is 959. The first-order valence-electron chi connectivity index (χ1n) is 8.93. The number of benzene rings is 2. The average molecular weight is 423 g/mol. The van der Waals surface area contributed by atoms with Gasteiger partial charge >= 0.3 is 6.03 Å². The number of nitrogens with two attached hydrogens (primary N) is 1. The van der Waals surface area contributed by atoms with Gasteiger partial charge in [0.25, 0.3) is 0 Å². The maximum absolute atomic E-state index is 12.6. The van der Waals surface area contributed by atoms with E-state index in [0.29, 0.717) is 36.8 Å². The number of carbonyl (C=O) groups is 1. The molecule has 0 spiro atoms. The molecule has 0 bridgehead atoms. The molecule has 9 heteroatoms. The van der Waals surface area contributed by atoms with Crippen molar-refractivity contribution in [2.45, 2.75) is 17.9 Å². The van der Waals surface area contributed by atoms with Crippen LogP contribution in [-0.4, -0.2) is 45.5 Å². The van der Waals surface area contributed by atoms with E-state index in [2.05, 4.69) is 10.2 Å². The van der Waals surface area contributed by atoms with Gasteiger partial charge in [0, 0.05) is 26.2 Å². The first kappa shape index (κ1) is 20.4. The predicted octanol–water partition coefficient (Wildman–Crippen LogP) is 2.58. The lowest BCUT2D eigenvalue weighted by molar-refractivity contribution is 0.191. The number of urea groups is 1. The molecule has 2 amide bonds. The Morgan fingerprint density at radius 2 is 1.79 bits per heavy atom. The fraction of sp³-hybridized carbons (Fsp3) is 0.316. The third-order valence-corrected chi connectivity index (χ3v) is 6.02. The zero-order chi connectivity index (χ0) is 20.3. The van der Waals surface area contributed by atoms with Crippen molar-refractivity contribution in [1.82, 2.24) is 10.2 Å². The number of nitrogens with zero attached hydrogens (tertiary/aromatic N) is 2. The zero-order valence-electron chi connectivity index (χ0n) is 15.5. The van der Waals surface area contributed by atoms with Gasteiger partial charge in [-0.1, -0.05) is 35.9 Å². The van der Waals surface area contributed by atoms with E-state index >= 15 is 0 Å². The summed E-state index contributed by atoms with van der Waals surface area (Å²) in [6.45, 7) is 4.32. The van der Waals surface area contributed by atoms with Gasteiger partial charge in [0.05, 0.1) is 21.6 Å². The first-order chi connectivity index (χ1) is 13.3. The molecule has 3 rings (SSSR count). The minimum Gasteiger partial charge on any atom is -0.367 e. The number of nitrogens with one attached hydrogen (secondary N) is 1. The Kier molecular flexibility index (Phi) is 6.12. The van der Waals surface area contributed by atoms with Crippen LogP contribution in [0.5, 0.6) is 0 Å².